The summed E-state index contributed by atoms with van der Waals surface area (Å²) in [4.78, 5) is 15.5. The molecule has 0 radical (unpaired) electrons. The zero-order chi connectivity index (χ0) is 14.0. The highest BCUT2D eigenvalue weighted by molar-refractivity contribution is 7.99. The number of hydrogen-bond donors (Lipinski definition) is 1. The summed E-state index contributed by atoms with van der Waals surface area (Å²) in [5.41, 5.74) is 4.56. The Morgan fingerprint density at radius 2 is 2.10 bits per heavy atom. The van der Waals surface area contributed by atoms with Crippen LogP contribution in [0.1, 0.15) is 11.1 Å². The van der Waals surface area contributed by atoms with Gasteiger partial charge in [-0.2, -0.15) is 5.10 Å². The molecule has 4 nitrogen and oxygen atoms in total. The van der Waals surface area contributed by atoms with Crippen LogP contribution in [0.15, 0.2) is 60.0 Å². The number of aromatic nitrogens is 1. The summed E-state index contributed by atoms with van der Waals surface area (Å²) in [5.74, 6) is 1.10. The number of benzene rings is 1. The Kier molecular flexibility index (Phi) is 5.79. The van der Waals surface area contributed by atoms with Crippen LogP contribution in [0.4, 0.5) is 0 Å². The van der Waals surface area contributed by atoms with Crippen molar-refractivity contribution in [2.45, 2.75) is 5.75 Å². The molecule has 0 atom stereocenters. The van der Waals surface area contributed by atoms with Crippen LogP contribution in [0, 0.1) is 0 Å². The van der Waals surface area contributed by atoms with Crippen LogP contribution in [-0.2, 0) is 10.5 Å². The van der Waals surface area contributed by atoms with Crippen molar-refractivity contribution in [3.05, 3.63) is 66.0 Å². The fraction of sp³-hybridized carbons (Fsp3) is 0.133. The molecule has 1 amide bonds. The minimum absolute atomic E-state index is 0.105. The van der Waals surface area contributed by atoms with Gasteiger partial charge in [-0.15, -0.1) is 11.8 Å². The number of carbonyl (C=O) groups is 1. The van der Waals surface area contributed by atoms with Gasteiger partial charge in [-0.1, -0.05) is 36.4 Å². The van der Waals surface area contributed by atoms with Crippen molar-refractivity contribution in [2.75, 3.05) is 5.75 Å². The zero-order valence-electron chi connectivity index (χ0n) is 10.9. The number of carbonyl (C=O) groups excluding carboxylic acids is 1. The second-order valence-electron chi connectivity index (χ2n) is 4.06. The van der Waals surface area contributed by atoms with Crippen LogP contribution in [0.3, 0.4) is 0 Å². The summed E-state index contributed by atoms with van der Waals surface area (Å²) in [6.07, 6.45) is 4.95. The fourth-order valence-electron chi connectivity index (χ4n) is 1.50. The predicted molar refractivity (Wildman–Crippen MR) is 82.6 cm³/mol. The number of amides is 1. The van der Waals surface area contributed by atoms with E-state index in [1.54, 1.807) is 30.4 Å². The van der Waals surface area contributed by atoms with Crippen LogP contribution in [0.25, 0.3) is 0 Å². The number of thioether (sulfide) groups is 1. The van der Waals surface area contributed by atoms with Crippen molar-refractivity contribution in [3.63, 3.8) is 0 Å². The number of nitrogens with one attached hydrogen (secondary N) is 1. The van der Waals surface area contributed by atoms with Crippen molar-refractivity contribution < 1.29 is 4.79 Å². The van der Waals surface area contributed by atoms with Gasteiger partial charge < -0.3 is 0 Å². The minimum atomic E-state index is -0.105. The van der Waals surface area contributed by atoms with Gasteiger partial charge in [0.25, 0.3) is 0 Å². The molecule has 2 rings (SSSR count). The molecule has 1 aromatic carbocycles. The smallest absolute Gasteiger partial charge is 0.250 e. The van der Waals surface area contributed by atoms with E-state index in [4.69, 9.17) is 0 Å². The quantitative estimate of drug-likeness (QED) is 0.655. The van der Waals surface area contributed by atoms with Gasteiger partial charge in [0.2, 0.25) is 5.91 Å². The van der Waals surface area contributed by atoms with Crippen LogP contribution < -0.4 is 5.43 Å². The molecule has 0 bridgehead atoms. The lowest BCUT2D eigenvalue weighted by Gasteiger charge is -2.01. The molecule has 102 valence electrons. The molecule has 0 aliphatic rings. The second kappa shape index (κ2) is 8.12. The van der Waals surface area contributed by atoms with Crippen molar-refractivity contribution in [1.29, 1.82) is 0 Å². The molecule has 0 saturated carbocycles. The van der Waals surface area contributed by atoms with Crippen molar-refractivity contribution in [3.8, 4) is 0 Å². The Bertz CT molecular complexity index is 558. The third kappa shape index (κ3) is 5.24. The van der Waals surface area contributed by atoms with E-state index in [0.29, 0.717) is 5.75 Å². The van der Waals surface area contributed by atoms with Crippen molar-refractivity contribution in [2.24, 2.45) is 5.10 Å². The fourth-order valence-corrected chi connectivity index (χ4v) is 2.28. The van der Waals surface area contributed by atoms with Gasteiger partial charge in [0, 0.05) is 23.7 Å². The van der Waals surface area contributed by atoms with Gasteiger partial charge in [-0.05, 0) is 11.6 Å². The van der Waals surface area contributed by atoms with Gasteiger partial charge in [-0.25, -0.2) is 5.43 Å². The number of pyridine rings is 1. The maximum Gasteiger partial charge on any atom is 0.250 e. The van der Waals surface area contributed by atoms with Gasteiger partial charge in [-0.3, -0.25) is 9.78 Å². The first kappa shape index (κ1) is 14.3. The van der Waals surface area contributed by atoms with E-state index in [1.165, 1.54) is 5.56 Å². The zero-order valence-corrected chi connectivity index (χ0v) is 11.7. The summed E-state index contributed by atoms with van der Waals surface area (Å²) in [6, 6.07) is 13.7. The number of hydrazone groups is 1. The predicted octanol–water partition coefficient (Wildman–Crippen LogP) is 2.47. The molecule has 0 aliphatic carbocycles. The Labute approximate surface area is 122 Å². The lowest BCUT2D eigenvalue weighted by atomic mass is 10.2. The summed E-state index contributed by atoms with van der Waals surface area (Å²) in [5, 5.41) is 3.89. The van der Waals surface area contributed by atoms with E-state index in [-0.39, 0.29) is 5.91 Å². The summed E-state index contributed by atoms with van der Waals surface area (Å²) >= 11 is 1.56. The summed E-state index contributed by atoms with van der Waals surface area (Å²) in [7, 11) is 0. The molecule has 0 spiro atoms. The van der Waals surface area contributed by atoms with E-state index in [9.17, 15) is 4.79 Å². The molecule has 1 aromatic heterocycles. The Morgan fingerprint density at radius 3 is 2.85 bits per heavy atom. The van der Waals surface area contributed by atoms with E-state index in [1.807, 2.05) is 42.5 Å². The van der Waals surface area contributed by atoms with Crippen LogP contribution in [0.2, 0.25) is 0 Å². The average molecular weight is 285 g/mol. The van der Waals surface area contributed by atoms with Crippen LogP contribution in [-0.4, -0.2) is 22.9 Å². The van der Waals surface area contributed by atoms with Gasteiger partial charge in [0.15, 0.2) is 0 Å². The highest BCUT2D eigenvalue weighted by Crippen LogP contribution is 2.10. The van der Waals surface area contributed by atoms with E-state index in [0.717, 1.165) is 11.3 Å². The van der Waals surface area contributed by atoms with Crippen LogP contribution >= 0.6 is 11.8 Å². The molecule has 0 fully saturated rings. The van der Waals surface area contributed by atoms with Gasteiger partial charge in [0.05, 0.1) is 12.0 Å². The highest BCUT2D eigenvalue weighted by atomic mass is 32.2. The van der Waals surface area contributed by atoms with E-state index >= 15 is 0 Å². The minimum Gasteiger partial charge on any atom is -0.272 e. The maximum atomic E-state index is 11.6. The molecule has 20 heavy (non-hydrogen) atoms. The Hall–Kier alpha value is -2.14. The van der Waals surface area contributed by atoms with E-state index in [2.05, 4.69) is 15.5 Å². The Morgan fingerprint density at radius 1 is 1.25 bits per heavy atom. The lowest BCUT2D eigenvalue weighted by Crippen LogP contribution is -2.19. The second-order valence-corrected chi connectivity index (χ2v) is 5.04. The molecule has 0 saturated heterocycles. The first-order chi connectivity index (χ1) is 9.84. The molecule has 5 heteroatoms. The number of hydrogen-bond acceptors (Lipinski definition) is 4. The van der Waals surface area contributed by atoms with Gasteiger partial charge in [0.1, 0.15) is 0 Å². The topological polar surface area (TPSA) is 54.4 Å². The molecule has 1 N–H and O–H groups in total. The highest BCUT2D eigenvalue weighted by Gasteiger charge is 2.00. The Balaban J connectivity index is 1.67. The SMILES string of the molecule is O=C(CSCc1ccccc1)N/N=C\c1cccnc1. The molecule has 2 aromatic rings. The number of rotatable bonds is 6. The lowest BCUT2D eigenvalue weighted by molar-refractivity contribution is -0.118. The summed E-state index contributed by atoms with van der Waals surface area (Å²) < 4.78 is 0. The van der Waals surface area contributed by atoms with Gasteiger partial charge >= 0.3 is 0 Å². The number of nitrogens with zero attached hydrogens (tertiary/aromatic N) is 2. The third-order valence-corrected chi connectivity index (χ3v) is 3.44. The van der Waals surface area contributed by atoms with Crippen molar-refractivity contribution >= 4 is 23.9 Å². The van der Waals surface area contributed by atoms with Crippen LogP contribution in [0.5, 0.6) is 0 Å². The first-order valence-electron chi connectivity index (χ1n) is 6.18. The third-order valence-electron chi connectivity index (χ3n) is 2.43. The molecular weight excluding hydrogens is 270 g/mol. The normalized spacial score (nSPS) is 10.6. The largest absolute Gasteiger partial charge is 0.272 e. The van der Waals surface area contributed by atoms with Crippen molar-refractivity contribution in [1.82, 2.24) is 10.4 Å². The van der Waals surface area contributed by atoms with E-state index < -0.39 is 0 Å². The summed E-state index contributed by atoms with van der Waals surface area (Å²) in [6.45, 7) is 0. The molecule has 0 aliphatic heterocycles. The molecule has 1 heterocycles. The standard InChI is InChI=1S/C15H15N3OS/c19-15(12-20-11-13-5-2-1-3-6-13)18-17-10-14-7-4-8-16-9-14/h1-10H,11-12H2,(H,18,19)/b17-10-. The molecule has 0 unspecified atom stereocenters. The average Bonchev–Trinajstić information content (AvgIpc) is 2.49. The molecular formula is C15H15N3OS. The first-order valence-corrected chi connectivity index (χ1v) is 7.33. The monoisotopic (exact) mass is 285 g/mol. The maximum absolute atomic E-state index is 11.6.